The number of halogens is 3. The van der Waals surface area contributed by atoms with Crippen LogP contribution in [-0.2, 0) is 11.4 Å². The van der Waals surface area contributed by atoms with Crippen LogP contribution in [0.15, 0.2) is 36.4 Å². The number of carboxylic acids is 1. The molecule has 29 heavy (non-hydrogen) atoms. The molecule has 0 bridgehead atoms. The molecule has 0 saturated heterocycles. The minimum absolute atomic E-state index is 0. The number of rotatable bonds is 10. The van der Waals surface area contributed by atoms with Crippen molar-refractivity contribution in [3.05, 3.63) is 57.8 Å². The Kier molecular flexibility index (Phi) is 11.3. The molecule has 0 amide bonds. The maximum atomic E-state index is 12.9. The molecule has 0 spiro atoms. The number of hydrogen-bond acceptors (Lipinski definition) is 6. The number of carbonyl (C=O) groups is 1. The molecule has 10 heteroatoms. The van der Waals surface area contributed by atoms with Gasteiger partial charge in [-0.05, 0) is 23.8 Å². The van der Waals surface area contributed by atoms with Crippen LogP contribution in [0.3, 0.4) is 0 Å². The third kappa shape index (κ3) is 9.09. The summed E-state index contributed by atoms with van der Waals surface area (Å²) in [5.74, 6) is -1.30. The van der Waals surface area contributed by atoms with E-state index in [-0.39, 0.29) is 76.6 Å². The molecular weight excluding hydrogens is 437 g/mol. The molecule has 0 heterocycles. The summed E-state index contributed by atoms with van der Waals surface area (Å²) in [7, 11) is 0. The summed E-state index contributed by atoms with van der Waals surface area (Å²) >= 11 is 12.2. The van der Waals surface area contributed by atoms with Crippen molar-refractivity contribution in [2.75, 3.05) is 6.61 Å². The Labute approximate surface area is 199 Å². The first kappa shape index (κ1) is 26.0. The molecule has 0 aliphatic heterocycles. The van der Waals surface area contributed by atoms with Gasteiger partial charge in [0.05, 0.1) is 22.3 Å². The molecule has 0 saturated carbocycles. The van der Waals surface area contributed by atoms with E-state index in [1.54, 1.807) is 12.1 Å². The zero-order valence-electron chi connectivity index (χ0n) is 15.6. The Hall–Kier alpha value is -1.06. The van der Waals surface area contributed by atoms with E-state index in [0.29, 0.717) is 0 Å². The van der Waals surface area contributed by atoms with E-state index in [4.69, 9.17) is 32.7 Å². The van der Waals surface area contributed by atoms with Gasteiger partial charge in [-0.25, -0.2) is 4.39 Å². The van der Waals surface area contributed by atoms with Crippen molar-refractivity contribution in [3.8, 4) is 11.5 Å². The zero-order valence-corrected chi connectivity index (χ0v) is 19.1. The van der Waals surface area contributed by atoms with Gasteiger partial charge in [0.15, 0.2) is 0 Å². The van der Waals surface area contributed by atoms with E-state index in [1.165, 1.54) is 24.3 Å². The van der Waals surface area contributed by atoms with E-state index in [0.717, 1.165) is 5.56 Å². The van der Waals surface area contributed by atoms with Gasteiger partial charge < -0.3 is 29.6 Å². The number of aliphatic hydroxyl groups is 2. The van der Waals surface area contributed by atoms with Crippen molar-refractivity contribution < 1.29 is 63.5 Å². The third-order valence-corrected chi connectivity index (χ3v) is 4.26. The van der Waals surface area contributed by atoms with E-state index in [1.807, 2.05) is 0 Å². The molecule has 0 aromatic heterocycles. The van der Waals surface area contributed by atoms with Crippen molar-refractivity contribution >= 4 is 29.2 Å². The summed E-state index contributed by atoms with van der Waals surface area (Å²) in [5, 5.41) is 30.2. The summed E-state index contributed by atoms with van der Waals surface area (Å²) in [6.07, 6.45) is -3.16. The van der Waals surface area contributed by atoms with Crippen molar-refractivity contribution in [3.63, 3.8) is 0 Å². The largest absolute Gasteiger partial charge is 1.00 e. The molecule has 6 nitrogen and oxygen atoms in total. The van der Waals surface area contributed by atoms with Gasteiger partial charge in [0.1, 0.15) is 30.5 Å². The fourth-order valence-corrected chi connectivity index (χ4v) is 2.81. The fourth-order valence-electron chi connectivity index (χ4n) is 2.32. The Balaban J connectivity index is 0.00000420. The second-order valence-electron chi connectivity index (χ2n) is 6.06. The Bertz CT molecular complexity index is 806. The van der Waals surface area contributed by atoms with Crippen molar-refractivity contribution in [2.24, 2.45) is 0 Å². The molecule has 2 atom stereocenters. The van der Waals surface area contributed by atoms with E-state index in [9.17, 15) is 24.5 Å². The first-order chi connectivity index (χ1) is 13.2. The summed E-state index contributed by atoms with van der Waals surface area (Å²) in [6, 6.07) is 8.63. The van der Waals surface area contributed by atoms with Gasteiger partial charge >= 0.3 is 29.6 Å². The number of hydrogen-bond donors (Lipinski definition) is 2. The van der Waals surface area contributed by atoms with Crippen LogP contribution in [0.5, 0.6) is 11.5 Å². The molecule has 0 radical (unpaired) electrons. The molecule has 2 aromatic rings. The van der Waals surface area contributed by atoms with Crippen molar-refractivity contribution in [1.82, 2.24) is 0 Å². The molecule has 0 aliphatic rings. The topological polar surface area (TPSA) is 99.1 Å². The molecule has 2 rings (SSSR count). The number of aliphatic hydroxyl groups excluding tert-OH is 2. The molecule has 0 aliphatic carbocycles. The number of ether oxygens (including phenoxy) is 2. The average Bonchev–Trinajstić information content (AvgIpc) is 2.60. The molecule has 152 valence electrons. The van der Waals surface area contributed by atoms with Crippen LogP contribution in [0.2, 0.25) is 10.0 Å². The summed E-state index contributed by atoms with van der Waals surface area (Å²) in [4.78, 5) is 10.4. The predicted molar refractivity (Wildman–Crippen MR) is 98.9 cm³/mol. The molecular formula is C19H18Cl2FNaO6. The first-order valence-electron chi connectivity index (χ1n) is 8.29. The normalized spacial score (nSPS) is 12.6. The van der Waals surface area contributed by atoms with Gasteiger partial charge in [0.25, 0.3) is 0 Å². The Morgan fingerprint density at radius 3 is 2.21 bits per heavy atom. The van der Waals surface area contributed by atoms with Gasteiger partial charge in [-0.1, -0.05) is 35.3 Å². The predicted octanol–water partition coefficient (Wildman–Crippen LogP) is -0.654. The van der Waals surface area contributed by atoms with Gasteiger partial charge in [-0.3, -0.25) is 0 Å². The molecule has 2 N–H and O–H groups in total. The monoisotopic (exact) mass is 454 g/mol. The number of carboxylic acid groups (broad SMARTS) is 1. The smallest absolute Gasteiger partial charge is 0.550 e. The Morgan fingerprint density at radius 1 is 1.03 bits per heavy atom. The van der Waals surface area contributed by atoms with Crippen molar-refractivity contribution in [2.45, 2.75) is 31.7 Å². The van der Waals surface area contributed by atoms with Crippen LogP contribution in [0.4, 0.5) is 4.39 Å². The van der Waals surface area contributed by atoms with E-state index in [2.05, 4.69) is 0 Å². The molecule has 1 unspecified atom stereocenters. The minimum Gasteiger partial charge on any atom is -0.550 e. The minimum atomic E-state index is -1.41. The number of carbonyl (C=O) groups excluding carboxylic acids is 1. The third-order valence-electron chi connectivity index (χ3n) is 3.67. The van der Waals surface area contributed by atoms with Crippen LogP contribution >= 0.6 is 23.2 Å². The van der Waals surface area contributed by atoms with Gasteiger partial charge in [0, 0.05) is 24.9 Å². The van der Waals surface area contributed by atoms with E-state index < -0.39 is 24.6 Å². The van der Waals surface area contributed by atoms with Crippen LogP contribution < -0.4 is 44.1 Å². The van der Waals surface area contributed by atoms with Gasteiger partial charge in [-0.15, -0.1) is 0 Å². The van der Waals surface area contributed by atoms with Crippen LogP contribution in [0, 0.1) is 5.82 Å². The number of aliphatic carboxylic acids is 1. The molecule has 2 aromatic carbocycles. The SMILES string of the molecule is O=C([O-])C[C@H](O)CC(O)COc1cc(OCc2ccc(F)cc2)c(Cl)cc1Cl.[Na+]. The van der Waals surface area contributed by atoms with Gasteiger partial charge in [0.2, 0.25) is 0 Å². The quantitative estimate of drug-likeness (QED) is 0.462. The zero-order chi connectivity index (χ0) is 20.7. The van der Waals surface area contributed by atoms with Crippen LogP contribution in [0.25, 0.3) is 0 Å². The van der Waals surface area contributed by atoms with Crippen LogP contribution in [0.1, 0.15) is 18.4 Å². The standard InChI is InChI=1S/C19H19Cl2FO6.Na/c20-15-7-16(21)18(28-10-14(24)5-13(23)6-19(25)26)8-17(15)27-9-11-1-3-12(22)4-2-11;/h1-4,7-8,13-14,23-24H,5-6,9-10H2,(H,25,26);/q;+1/p-1/t13-,14?;/m1./s1. The first-order valence-corrected chi connectivity index (χ1v) is 9.05. The average molecular weight is 455 g/mol. The second kappa shape index (κ2) is 12.6. The van der Waals surface area contributed by atoms with Crippen molar-refractivity contribution in [1.29, 1.82) is 0 Å². The Morgan fingerprint density at radius 2 is 1.62 bits per heavy atom. The summed E-state index contributed by atoms with van der Waals surface area (Å²) in [6.45, 7) is -0.0953. The maximum absolute atomic E-state index is 12.9. The van der Waals surface area contributed by atoms with E-state index >= 15 is 0 Å². The summed E-state index contributed by atoms with van der Waals surface area (Å²) < 4.78 is 24.0. The van der Waals surface area contributed by atoms with Gasteiger partial charge in [-0.2, -0.15) is 0 Å². The summed E-state index contributed by atoms with van der Waals surface area (Å²) in [5.41, 5.74) is 0.729. The molecule has 0 fully saturated rings. The second-order valence-corrected chi connectivity index (χ2v) is 6.87. The fraction of sp³-hybridized carbons (Fsp3) is 0.316. The maximum Gasteiger partial charge on any atom is 1.00 e. The number of benzene rings is 2. The van der Waals surface area contributed by atoms with Crippen LogP contribution in [-0.4, -0.2) is 35.0 Å².